The summed E-state index contributed by atoms with van der Waals surface area (Å²) in [6, 6.07) is 7.11. The van der Waals surface area contributed by atoms with Gasteiger partial charge in [0.15, 0.2) is 18.2 Å². The molecule has 2 aromatic rings. The van der Waals surface area contributed by atoms with Crippen molar-refractivity contribution in [3.05, 3.63) is 52.6 Å². The molecule has 128 valence electrons. The Labute approximate surface area is 144 Å². The highest BCUT2D eigenvalue weighted by Crippen LogP contribution is 2.25. The molecule has 0 aromatic heterocycles. The summed E-state index contributed by atoms with van der Waals surface area (Å²) in [5.41, 5.74) is 0.676. The van der Waals surface area contributed by atoms with E-state index in [1.165, 1.54) is 19.0 Å². The van der Waals surface area contributed by atoms with E-state index in [0.717, 1.165) is 17.7 Å². The molecule has 0 aliphatic rings. The third kappa shape index (κ3) is 4.35. The van der Waals surface area contributed by atoms with Crippen LogP contribution in [0.1, 0.15) is 5.56 Å². The van der Waals surface area contributed by atoms with Crippen LogP contribution >= 0.6 is 11.6 Å². The molecule has 24 heavy (non-hydrogen) atoms. The average Bonchev–Trinajstić information content (AvgIpc) is 2.47. The summed E-state index contributed by atoms with van der Waals surface area (Å²) in [4.78, 5) is 13.2. The number of amides is 1. The number of ether oxygens (including phenoxy) is 1. The van der Waals surface area contributed by atoms with Crippen LogP contribution in [-0.4, -0.2) is 26.6 Å². The first-order valence-corrected chi connectivity index (χ1v) is 7.51. The molecule has 0 bridgehead atoms. The molecule has 0 fully saturated rings. The van der Waals surface area contributed by atoms with Crippen molar-refractivity contribution >= 4 is 28.9 Å². The van der Waals surface area contributed by atoms with E-state index in [1.54, 1.807) is 18.2 Å². The van der Waals surface area contributed by atoms with Gasteiger partial charge in [-0.2, -0.15) is 0 Å². The number of hydrogen-bond acceptors (Lipinski definition) is 3. The number of rotatable bonds is 5. The molecule has 0 spiro atoms. The summed E-state index contributed by atoms with van der Waals surface area (Å²) in [5, 5.41) is 2.99. The Hall–Kier alpha value is -2.34. The van der Waals surface area contributed by atoms with Gasteiger partial charge in [-0.3, -0.25) is 4.79 Å². The van der Waals surface area contributed by atoms with Crippen LogP contribution in [0.15, 0.2) is 30.3 Å². The van der Waals surface area contributed by atoms with Gasteiger partial charge < -0.3 is 15.0 Å². The summed E-state index contributed by atoms with van der Waals surface area (Å²) in [5.74, 6) is -1.57. The zero-order valence-electron chi connectivity index (χ0n) is 13.5. The minimum absolute atomic E-state index is 0.0245. The van der Waals surface area contributed by atoms with Gasteiger partial charge in [0, 0.05) is 24.8 Å². The number of anilines is 2. The van der Waals surface area contributed by atoms with E-state index in [0.29, 0.717) is 10.8 Å². The lowest BCUT2D eigenvalue weighted by molar-refractivity contribution is -0.118. The third-order valence-corrected chi connectivity index (χ3v) is 3.67. The maximum absolute atomic E-state index is 13.9. The smallest absolute Gasteiger partial charge is 0.262 e. The van der Waals surface area contributed by atoms with Crippen LogP contribution in [-0.2, 0) is 4.79 Å². The molecule has 0 unspecified atom stereocenters. The highest BCUT2D eigenvalue weighted by Gasteiger charge is 2.14. The van der Waals surface area contributed by atoms with Crippen LogP contribution in [0.3, 0.4) is 0 Å². The van der Waals surface area contributed by atoms with Crippen molar-refractivity contribution in [2.24, 2.45) is 0 Å². The fraction of sp³-hybridized carbons (Fsp3) is 0.235. The Kier molecular flexibility index (Phi) is 5.62. The van der Waals surface area contributed by atoms with E-state index in [-0.39, 0.29) is 18.0 Å². The van der Waals surface area contributed by atoms with E-state index in [1.807, 2.05) is 6.92 Å². The summed E-state index contributed by atoms with van der Waals surface area (Å²) >= 11 is 5.91. The first-order valence-electron chi connectivity index (χ1n) is 7.13. The molecule has 0 saturated heterocycles. The van der Waals surface area contributed by atoms with Crippen molar-refractivity contribution in [3.63, 3.8) is 0 Å². The van der Waals surface area contributed by atoms with Crippen LogP contribution in [0.5, 0.6) is 5.75 Å². The lowest BCUT2D eigenvalue weighted by Crippen LogP contribution is -2.21. The molecule has 0 aliphatic heterocycles. The maximum Gasteiger partial charge on any atom is 0.262 e. The largest absolute Gasteiger partial charge is 0.484 e. The molecule has 7 heteroatoms. The molecule has 0 atom stereocenters. The van der Waals surface area contributed by atoms with Crippen molar-refractivity contribution in [2.45, 2.75) is 6.92 Å². The second kappa shape index (κ2) is 7.49. The number of carbonyl (C=O) groups is 1. The van der Waals surface area contributed by atoms with E-state index in [4.69, 9.17) is 16.3 Å². The van der Waals surface area contributed by atoms with Gasteiger partial charge in [0.1, 0.15) is 11.4 Å². The van der Waals surface area contributed by atoms with Gasteiger partial charge in [0.05, 0.1) is 0 Å². The lowest BCUT2D eigenvalue weighted by atomic mass is 10.2. The molecule has 1 N–H and O–H groups in total. The summed E-state index contributed by atoms with van der Waals surface area (Å²) in [6.07, 6.45) is 0. The number of halogens is 3. The van der Waals surface area contributed by atoms with Crippen LogP contribution in [0, 0.1) is 18.6 Å². The van der Waals surface area contributed by atoms with Gasteiger partial charge in [0.25, 0.3) is 5.91 Å². The van der Waals surface area contributed by atoms with Crippen LogP contribution in [0.2, 0.25) is 5.02 Å². The standard InChI is InChI=1S/C17H17ClF2N2O2/c1-10-6-12(4-5-13(10)18)24-9-16(23)21-11-7-14(19)17(22(2)3)15(20)8-11/h4-8H,9H2,1-3H3,(H,21,23). The second-order valence-electron chi connectivity index (χ2n) is 5.43. The quantitative estimate of drug-likeness (QED) is 0.882. The van der Waals surface area contributed by atoms with Crippen molar-refractivity contribution in [3.8, 4) is 5.75 Å². The second-order valence-corrected chi connectivity index (χ2v) is 5.84. The number of aryl methyl sites for hydroxylation is 1. The average molecular weight is 355 g/mol. The Bertz CT molecular complexity index is 743. The SMILES string of the molecule is Cc1cc(OCC(=O)Nc2cc(F)c(N(C)C)c(F)c2)ccc1Cl. The van der Waals surface area contributed by atoms with E-state index in [2.05, 4.69) is 5.32 Å². The van der Waals surface area contributed by atoms with Gasteiger partial charge >= 0.3 is 0 Å². The van der Waals surface area contributed by atoms with Crippen LogP contribution in [0.25, 0.3) is 0 Å². The molecule has 4 nitrogen and oxygen atoms in total. The van der Waals surface area contributed by atoms with E-state index in [9.17, 15) is 13.6 Å². The third-order valence-electron chi connectivity index (χ3n) is 3.25. The highest BCUT2D eigenvalue weighted by atomic mass is 35.5. The fourth-order valence-corrected chi connectivity index (χ4v) is 2.24. The predicted octanol–water partition coefficient (Wildman–Crippen LogP) is 4.01. The fourth-order valence-electron chi connectivity index (χ4n) is 2.12. The number of nitrogens with one attached hydrogen (secondary N) is 1. The van der Waals surface area contributed by atoms with Gasteiger partial charge in [-0.1, -0.05) is 11.6 Å². The van der Waals surface area contributed by atoms with Crippen molar-refractivity contribution < 1.29 is 18.3 Å². The maximum atomic E-state index is 13.9. The molecule has 0 saturated carbocycles. The Morgan fingerprint density at radius 1 is 1.21 bits per heavy atom. The van der Waals surface area contributed by atoms with E-state index < -0.39 is 17.5 Å². The molecular formula is C17H17ClF2N2O2. The monoisotopic (exact) mass is 354 g/mol. The van der Waals surface area contributed by atoms with Crippen LogP contribution in [0.4, 0.5) is 20.2 Å². The number of hydrogen-bond donors (Lipinski definition) is 1. The Balaban J connectivity index is 2.01. The molecule has 0 heterocycles. The van der Waals surface area contributed by atoms with Crippen molar-refractivity contribution in [1.29, 1.82) is 0 Å². The predicted molar refractivity (Wildman–Crippen MR) is 91.0 cm³/mol. The molecule has 2 aromatic carbocycles. The molecule has 1 amide bonds. The van der Waals surface area contributed by atoms with E-state index >= 15 is 0 Å². The van der Waals surface area contributed by atoms with Gasteiger partial charge in [-0.25, -0.2) is 8.78 Å². The number of benzene rings is 2. The zero-order chi connectivity index (χ0) is 17.9. The molecule has 0 radical (unpaired) electrons. The van der Waals surface area contributed by atoms with Gasteiger partial charge in [-0.05, 0) is 42.8 Å². The van der Waals surface area contributed by atoms with Gasteiger partial charge in [0.2, 0.25) is 0 Å². The first-order chi connectivity index (χ1) is 11.3. The number of carbonyl (C=O) groups excluding carboxylic acids is 1. The van der Waals surface area contributed by atoms with Gasteiger partial charge in [-0.15, -0.1) is 0 Å². The Morgan fingerprint density at radius 3 is 2.38 bits per heavy atom. The normalized spacial score (nSPS) is 10.4. The topological polar surface area (TPSA) is 41.6 Å². The first kappa shape index (κ1) is 18.0. The van der Waals surface area contributed by atoms with Crippen LogP contribution < -0.4 is 15.0 Å². The molecule has 0 aliphatic carbocycles. The molecular weight excluding hydrogens is 338 g/mol. The summed E-state index contributed by atoms with van der Waals surface area (Å²) < 4.78 is 33.1. The minimum Gasteiger partial charge on any atom is -0.484 e. The lowest BCUT2D eigenvalue weighted by Gasteiger charge is -2.16. The summed E-state index contributed by atoms with van der Waals surface area (Å²) in [6.45, 7) is 1.52. The highest BCUT2D eigenvalue weighted by molar-refractivity contribution is 6.31. The zero-order valence-corrected chi connectivity index (χ0v) is 14.2. The summed E-state index contributed by atoms with van der Waals surface area (Å²) in [7, 11) is 3.06. The molecule has 2 rings (SSSR count). The minimum atomic E-state index is -0.760. The van der Waals surface area contributed by atoms with Crippen molar-refractivity contribution in [2.75, 3.05) is 30.9 Å². The Morgan fingerprint density at radius 2 is 1.83 bits per heavy atom. The van der Waals surface area contributed by atoms with Crippen molar-refractivity contribution in [1.82, 2.24) is 0 Å². The number of nitrogens with zero attached hydrogens (tertiary/aromatic N) is 1.